The fraction of sp³-hybridized carbons (Fsp3) is 0.353. The summed E-state index contributed by atoms with van der Waals surface area (Å²) >= 11 is 0. The maximum Gasteiger partial charge on any atom is 0.209 e. The number of carbonyl (C=O) groups is 1. The number of aryl methyl sites for hydroxylation is 1. The van der Waals surface area contributed by atoms with Crippen LogP contribution in [0.15, 0.2) is 36.7 Å². The van der Waals surface area contributed by atoms with Gasteiger partial charge in [0.15, 0.2) is 0 Å². The first-order valence-corrected chi connectivity index (χ1v) is 7.91. The zero-order chi connectivity index (χ0) is 16.1. The van der Waals surface area contributed by atoms with Gasteiger partial charge in [0.2, 0.25) is 6.41 Å². The van der Waals surface area contributed by atoms with Gasteiger partial charge in [-0.25, -0.2) is 9.97 Å². The van der Waals surface area contributed by atoms with Gasteiger partial charge in [0, 0.05) is 37.9 Å². The minimum Gasteiger partial charge on any atom is -0.353 e. The Morgan fingerprint density at radius 3 is 2.52 bits per heavy atom. The van der Waals surface area contributed by atoms with E-state index in [1.165, 1.54) is 5.56 Å². The molecule has 3 rings (SSSR count). The quantitative estimate of drug-likeness (QED) is 0.857. The largest absolute Gasteiger partial charge is 0.353 e. The Bertz CT molecular complexity index is 650. The molecule has 0 spiro atoms. The zero-order valence-electron chi connectivity index (χ0n) is 13.3. The molecule has 0 aliphatic carbocycles. The molecular weight excluding hydrogens is 290 g/mol. The van der Waals surface area contributed by atoms with Crippen LogP contribution in [0.3, 0.4) is 0 Å². The molecule has 1 amide bonds. The Hall–Kier alpha value is -2.63. The van der Waals surface area contributed by atoms with E-state index in [1.807, 2.05) is 6.07 Å². The monoisotopic (exact) mass is 311 g/mol. The Morgan fingerprint density at radius 2 is 1.87 bits per heavy atom. The summed E-state index contributed by atoms with van der Waals surface area (Å²) in [6.45, 7) is 5.19. The first kappa shape index (κ1) is 15.3. The van der Waals surface area contributed by atoms with E-state index in [2.05, 4.69) is 51.4 Å². The van der Waals surface area contributed by atoms with Crippen LogP contribution in [-0.2, 0) is 11.2 Å². The molecule has 6 nitrogen and oxygen atoms in total. The number of amides is 1. The van der Waals surface area contributed by atoms with Gasteiger partial charge in [-0.05, 0) is 24.1 Å². The van der Waals surface area contributed by atoms with Gasteiger partial charge in [-0.2, -0.15) is 0 Å². The van der Waals surface area contributed by atoms with Gasteiger partial charge in [-0.15, -0.1) is 0 Å². The van der Waals surface area contributed by atoms with E-state index in [0.29, 0.717) is 0 Å². The Morgan fingerprint density at radius 1 is 1.13 bits per heavy atom. The van der Waals surface area contributed by atoms with Crippen LogP contribution in [-0.4, -0.2) is 47.5 Å². The fourth-order valence-electron chi connectivity index (χ4n) is 2.62. The SMILES string of the molecule is CCc1ccc(Nc2cc(N3CCN(C=O)CC3)ncn2)cc1. The highest BCUT2D eigenvalue weighted by Crippen LogP contribution is 2.20. The van der Waals surface area contributed by atoms with Crippen molar-refractivity contribution in [3.05, 3.63) is 42.2 Å². The molecule has 0 bridgehead atoms. The minimum atomic E-state index is 0.731. The molecule has 0 saturated carbocycles. The van der Waals surface area contributed by atoms with Gasteiger partial charge in [-0.1, -0.05) is 19.1 Å². The number of nitrogens with zero attached hydrogens (tertiary/aromatic N) is 4. The highest BCUT2D eigenvalue weighted by molar-refractivity contribution is 5.60. The molecule has 0 radical (unpaired) electrons. The van der Waals surface area contributed by atoms with Gasteiger partial charge >= 0.3 is 0 Å². The van der Waals surface area contributed by atoms with Crippen LogP contribution in [0.25, 0.3) is 0 Å². The normalized spacial score (nSPS) is 14.7. The summed E-state index contributed by atoms with van der Waals surface area (Å²) in [7, 11) is 0. The molecule has 1 N–H and O–H groups in total. The van der Waals surface area contributed by atoms with Crippen LogP contribution < -0.4 is 10.2 Å². The standard InChI is InChI=1S/C17H21N5O/c1-2-14-3-5-15(6-4-14)20-16-11-17(19-12-18-16)22-9-7-21(13-23)8-10-22/h3-6,11-13H,2,7-10H2,1H3,(H,18,19,20). The van der Waals surface area contributed by atoms with Crippen molar-refractivity contribution in [3.63, 3.8) is 0 Å². The van der Waals surface area contributed by atoms with Crippen molar-refractivity contribution in [1.82, 2.24) is 14.9 Å². The lowest BCUT2D eigenvalue weighted by atomic mass is 10.1. The van der Waals surface area contributed by atoms with Crippen LogP contribution in [0.2, 0.25) is 0 Å². The number of benzene rings is 1. The van der Waals surface area contributed by atoms with Crippen LogP contribution in [0.1, 0.15) is 12.5 Å². The summed E-state index contributed by atoms with van der Waals surface area (Å²) in [6.07, 6.45) is 3.51. The number of hydrogen-bond acceptors (Lipinski definition) is 5. The van der Waals surface area contributed by atoms with Crippen molar-refractivity contribution >= 4 is 23.7 Å². The number of carbonyl (C=O) groups excluding carboxylic acids is 1. The van der Waals surface area contributed by atoms with Crippen LogP contribution in [0, 0.1) is 0 Å². The van der Waals surface area contributed by atoms with Crippen LogP contribution >= 0.6 is 0 Å². The summed E-state index contributed by atoms with van der Waals surface area (Å²) in [5.41, 5.74) is 2.32. The molecule has 120 valence electrons. The Labute approximate surface area is 136 Å². The third kappa shape index (κ3) is 3.77. The van der Waals surface area contributed by atoms with E-state index in [4.69, 9.17) is 0 Å². The molecule has 1 aromatic carbocycles. The second-order valence-corrected chi connectivity index (χ2v) is 5.57. The molecule has 1 aromatic heterocycles. The van der Waals surface area contributed by atoms with E-state index in [-0.39, 0.29) is 0 Å². The van der Waals surface area contributed by atoms with Crippen LogP contribution in [0.5, 0.6) is 0 Å². The summed E-state index contributed by atoms with van der Waals surface area (Å²) in [4.78, 5) is 23.4. The van der Waals surface area contributed by atoms with Gasteiger partial charge in [-0.3, -0.25) is 4.79 Å². The smallest absolute Gasteiger partial charge is 0.209 e. The highest BCUT2D eigenvalue weighted by Gasteiger charge is 2.17. The Kier molecular flexibility index (Phi) is 4.71. The molecule has 1 fully saturated rings. The van der Waals surface area contributed by atoms with E-state index in [9.17, 15) is 4.79 Å². The van der Waals surface area contributed by atoms with Crippen molar-refractivity contribution in [1.29, 1.82) is 0 Å². The molecule has 1 aliphatic rings. The summed E-state index contributed by atoms with van der Waals surface area (Å²) in [5, 5.41) is 3.31. The van der Waals surface area contributed by atoms with Gasteiger partial charge in [0.05, 0.1) is 0 Å². The summed E-state index contributed by atoms with van der Waals surface area (Å²) < 4.78 is 0. The fourth-order valence-corrected chi connectivity index (χ4v) is 2.62. The minimum absolute atomic E-state index is 0.731. The number of nitrogens with one attached hydrogen (secondary N) is 1. The third-order valence-corrected chi connectivity index (χ3v) is 4.07. The second kappa shape index (κ2) is 7.09. The highest BCUT2D eigenvalue weighted by atomic mass is 16.1. The number of anilines is 3. The molecular formula is C17H21N5O. The summed E-state index contributed by atoms with van der Waals surface area (Å²) in [5.74, 6) is 1.66. The lowest BCUT2D eigenvalue weighted by Gasteiger charge is -2.33. The predicted octanol–water partition coefficient (Wildman–Crippen LogP) is 2.06. The van der Waals surface area contributed by atoms with Crippen molar-refractivity contribution in [2.24, 2.45) is 0 Å². The molecule has 1 aliphatic heterocycles. The van der Waals surface area contributed by atoms with E-state index >= 15 is 0 Å². The maximum atomic E-state index is 10.8. The van der Waals surface area contributed by atoms with Gasteiger partial charge in [0.1, 0.15) is 18.0 Å². The van der Waals surface area contributed by atoms with E-state index in [1.54, 1.807) is 11.2 Å². The first-order valence-electron chi connectivity index (χ1n) is 7.91. The van der Waals surface area contributed by atoms with E-state index in [0.717, 1.165) is 56.3 Å². The maximum absolute atomic E-state index is 10.8. The van der Waals surface area contributed by atoms with Crippen LogP contribution in [0.4, 0.5) is 17.3 Å². The Balaban J connectivity index is 1.68. The number of aromatic nitrogens is 2. The number of rotatable bonds is 5. The lowest BCUT2D eigenvalue weighted by molar-refractivity contribution is -0.118. The molecule has 2 heterocycles. The molecule has 2 aromatic rings. The average molecular weight is 311 g/mol. The van der Waals surface area contributed by atoms with Gasteiger partial charge in [0.25, 0.3) is 0 Å². The zero-order valence-corrected chi connectivity index (χ0v) is 13.3. The van der Waals surface area contributed by atoms with Crippen molar-refractivity contribution < 1.29 is 4.79 Å². The third-order valence-electron chi connectivity index (χ3n) is 4.07. The van der Waals surface area contributed by atoms with Crippen molar-refractivity contribution in [2.45, 2.75) is 13.3 Å². The first-order chi connectivity index (χ1) is 11.3. The number of piperazine rings is 1. The molecule has 6 heteroatoms. The topological polar surface area (TPSA) is 61.4 Å². The molecule has 23 heavy (non-hydrogen) atoms. The second-order valence-electron chi connectivity index (χ2n) is 5.57. The van der Waals surface area contributed by atoms with E-state index < -0.39 is 0 Å². The lowest BCUT2D eigenvalue weighted by Crippen LogP contribution is -2.46. The molecule has 0 atom stereocenters. The molecule has 0 unspecified atom stereocenters. The number of hydrogen-bond donors (Lipinski definition) is 1. The molecule has 1 saturated heterocycles. The van der Waals surface area contributed by atoms with Crippen molar-refractivity contribution in [2.75, 3.05) is 36.4 Å². The van der Waals surface area contributed by atoms with Gasteiger partial charge < -0.3 is 15.1 Å². The average Bonchev–Trinajstić information content (AvgIpc) is 2.63. The summed E-state index contributed by atoms with van der Waals surface area (Å²) in [6, 6.07) is 10.3. The van der Waals surface area contributed by atoms with Crippen molar-refractivity contribution in [3.8, 4) is 0 Å². The predicted molar refractivity (Wildman–Crippen MR) is 91.0 cm³/mol.